The summed E-state index contributed by atoms with van der Waals surface area (Å²) in [6.07, 6.45) is 3.88. The van der Waals surface area contributed by atoms with E-state index in [4.69, 9.17) is 39.8 Å². The van der Waals surface area contributed by atoms with Crippen LogP contribution in [0.1, 0.15) is 11.1 Å². The van der Waals surface area contributed by atoms with Gasteiger partial charge in [0, 0.05) is 0 Å². The van der Waals surface area contributed by atoms with Crippen LogP contribution in [-0.2, 0) is 19.4 Å². The van der Waals surface area contributed by atoms with E-state index in [1.165, 1.54) is 10.5 Å². The second-order valence-electron chi connectivity index (χ2n) is 6.26. The van der Waals surface area contributed by atoms with Crippen molar-refractivity contribution in [2.45, 2.75) is 0 Å². The van der Waals surface area contributed by atoms with Gasteiger partial charge >= 0.3 is 0 Å². The fraction of sp³-hybridized carbons (Fsp3) is 0.364. The van der Waals surface area contributed by atoms with E-state index in [-0.39, 0.29) is 52.9 Å². The largest absolute Gasteiger partial charge is 0.394 e. The quantitative estimate of drug-likeness (QED) is 0.219. The summed E-state index contributed by atoms with van der Waals surface area (Å²) in [5.74, 6) is 0. The molecule has 0 atom stereocenters. The molecular weight excluding hydrogens is 420 g/mol. The number of rotatable bonds is 16. The van der Waals surface area contributed by atoms with Gasteiger partial charge in [-0.2, -0.15) is 0 Å². The normalized spacial score (nSPS) is 11.2. The van der Waals surface area contributed by atoms with Crippen LogP contribution in [0.25, 0.3) is 12.2 Å². The fourth-order valence-electron chi connectivity index (χ4n) is 2.47. The highest BCUT2D eigenvalue weighted by atomic mass is 17.0. The van der Waals surface area contributed by atoms with Crippen molar-refractivity contribution in [3.63, 3.8) is 0 Å². The minimum atomic E-state index is -0.155. The maximum absolute atomic E-state index is 8.93. The summed E-state index contributed by atoms with van der Waals surface area (Å²) in [5, 5.41) is 38.1. The summed E-state index contributed by atoms with van der Waals surface area (Å²) in [4.78, 5) is 21.2. The van der Waals surface area contributed by atoms with Gasteiger partial charge in [-0.3, -0.25) is 0 Å². The van der Waals surface area contributed by atoms with E-state index in [9.17, 15) is 0 Å². The Hall–Kier alpha value is -2.54. The third-order valence-corrected chi connectivity index (χ3v) is 3.88. The Labute approximate surface area is 186 Å². The van der Waals surface area contributed by atoms with Crippen molar-refractivity contribution in [1.29, 1.82) is 0 Å². The predicted molar refractivity (Wildman–Crippen MR) is 119 cm³/mol. The van der Waals surface area contributed by atoms with Crippen LogP contribution in [-0.4, -0.2) is 73.3 Å². The van der Waals surface area contributed by atoms with Crippen LogP contribution in [0, 0.1) is 0 Å². The molecular formula is C22H30N2O8. The minimum absolute atomic E-state index is 0.0661. The molecule has 2 aromatic carbocycles. The van der Waals surface area contributed by atoms with Crippen LogP contribution in [0.2, 0.25) is 0 Å². The van der Waals surface area contributed by atoms with Gasteiger partial charge in [-0.05, 0) is 35.4 Å². The fourth-order valence-corrected chi connectivity index (χ4v) is 2.47. The topological polar surface area (TPSA) is 124 Å². The van der Waals surface area contributed by atoms with E-state index in [1.807, 2.05) is 36.4 Å². The molecule has 0 unspecified atom stereocenters. The molecule has 0 aliphatic carbocycles. The minimum Gasteiger partial charge on any atom is -0.394 e. The highest BCUT2D eigenvalue weighted by Crippen LogP contribution is 2.20. The molecule has 10 nitrogen and oxygen atoms in total. The zero-order chi connectivity index (χ0) is 23.0. The van der Waals surface area contributed by atoms with Gasteiger partial charge in [-0.15, -0.1) is 10.5 Å². The van der Waals surface area contributed by atoms with Gasteiger partial charge < -0.3 is 20.4 Å². The standard InChI is InChI=1S/C22H30N2O8/c25-11-15-29-23(30-16-12-26)21-7-3-19(4-8-21)1-2-20-5-9-22(10-6-20)24(31-17-13-27)32-18-14-28/h1-10,25-28H,11-18H2. The number of hydrogen-bond acceptors (Lipinski definition) is 10. The third-order valence-electron chi connectivity index (χ3n) is 3.88. The van der Waals surface area contributed by atoms with Gasteiger partial charge in [0.05, 0.1) is 37.8 Å². The van der Waals surface area contributed by atoms with Crippen LogP contribution in [0.15, 0.2) is 48.5 Å². The van der Waals surface area contributed by atoms with Crippen molar-refractivity contribution in [2.24, 2.45) is 0 Å². The summed E-state index contributed by atoms with van der Waals surface area (Å²) in [5.41, 5.74) is 3.14. The van der Waals surface area contributed by atoms with Crippen molar-refractivity contribution in [1.82, 2.24) is 0 Å². The Bertz CT molecular complexity index is 689. The molecule has 0 amide bonds. The first-order valence-electron chi connectivity index (χ1n) is 10.2. The number of hydrogen-bond donors (Lipinski definition) is 4. The van der Waals surface area contributed by atoms with Gasteiger partial charge in [-0.1, -0.05) is 36.4 Å². The molecule has 2 rings (SSSR count). The number of aliphatic hydroxyl groups is 4. The molecule has 32 heavy (non-hydrogen) atoms. The molecule has 4 N–H and O–H groups in total. The average Bonchev–Trinajstić information content (AvgIpc) is 2.84. The predicted octanol–water partition coefficient (Wildman–Crippen LogP) is 1.17. The number of benzene rings is 2. The summed E-state index contributed by atoms with van der Waals surface area (Å²) in [6.45, 7) is -0.357. The van der Waals surface area contributed by atoms with Crippen LogP contribution < -0.4 is 10.5 Å². The van der Waals surface area contributed by atoms with Gasteiger partial charge in [0.25, 0.3) is 0 Å². The maximum Gasteiger partial charge on any atom is 0.101 e. The van der Waals surface area contributed by atoms with Crippen LogP contribution in [0.5, 0.6) is 0 Å². The molecule has 0 aromatic heterocycles. The monoisotopic (exact) mass is 450 g/mol. The molecule has 10 heteroatoms. The third kappa shape index (κ3) is 8.91. The number of nitrogens with zero attached hydrogens (tertiary/aromatic N) is 2. The Morgan fingerprint density at radius 3 is 1.03 bits per heavy atom. The van der Waals surface area contributed by atoms with E-state index < -0.39 is 0 Å². The molecule has 0 saturated heterocycles. The summed E-state index contributed by atoms with van der Waals surface area (Å²) < 4.78 is 0. The molecule has 0 aliphatic heterocycles. The molecule has 0 heterocycles. The van der Waals surface area contributed by atoms with E-state index in [0.29, 0.717) is 11.4 Å². The van der Waals surface area contributed by atoms with Crippen LogP contribution >= 0.6 is 0 Å². The molecule has 0 bridgehead atoms. The Balaban J connectivity index is 2.01. The van der Waals surface area contributed by atoms with Gasteiger partial charge in [-0.25, -0.2) is 19.4 Å². The molecule has 0 aliphatic rings. The molecule has 0 saturated carbocycles. The van der Waals surface area contributed by atoms with Crippen molar-refractivity contribution in [2.75, 3.05) is 63.3 Å². The van der Waals surface area contributed by atoms with E-state index in [1.54, 1.807) is 24.3 Å². The molecule has 2 aromatic rings. The van der Waals surface area contributed by atoms with Crippen molar-refractivity contribution in [3.8, 4) is 0 Å². The Kier molecular flexibility index (Phi) is 12.3. The highest BCUT2D eigenvalue weighted by molar-refractivity contribution is 5.71. The summed E-state index contributed by atoms with van der Waals surface area (Å²) >= 11 is 0. The van der Waals surface area contributed by atoms with Crippen LogP contribution in [0.4, 0.5) is 11.4 Å². The Morgan fingerprint density at radius 1 is 0.500 bits per heavy atom. The SMILES string of the molecule is OCCON(OCCO)c1ccc(C=Cc2ccc(N(OCCO)OCCO)cc2)cc1. The van der Waals surface area contributed by atoms with E-state index >= 15 is 0 Å². The van der Waals surface area contributed by atoms with Gasteiger partial charge in [0.1, 0.15) is 26.4 Å². The van der Waals surface area contributed by atoms with E-state index in [0.717, 1.165) is 11.1 Å². The second kappa shape index (κ2) is 15.3. The van der Waals surface area contributed by atoms with Gasteiger partial charge in [0.15, 0.2) is 0 Å². The summed E-state index contributed by atoms with van der Waals surface area (Å²) in [7, 11) is 0. The Morgan fingerprint density at radius 2 is 0.781 bits per heavy atom. The molecule has 0 radical (unpaired) electrons. The average molecular weight is 450 g/mol. The highest BCUT2D eigenvalue weighted by Gasteiger charge is 2.09. The first-order chi connectivity index (χ1) is 15.7. The molecule has 0 fully saturated rings. The van der Waals surface area contributed by atoms with Crippen molar-refractivity contribution < 1.29 is 39.8 Å². The first-order valence-corrected chi connectivity index (χ1v) is 10.2. The molecule has 0 spiro atoms. The maximum atomic E-state index is 8.93. The smallest absolute Gasteiger partial charge is 0.101 e. The number of aliphatic hydroxyl groups excluding tert-OH is 4. The molecule has 176 valence electrons. The summed E-state index contributed by atoms with van der Waals surface area (Å²) in [6, 6.07) is 14.7. The lowest BCUT2D eigenvalue weighted by molar-refractivity contribution is -0.103. The second-order valence-corrected chi connectivity index (χ2v) is 6.26. The van der Waals surface area contributed by atoms with Crippen LogP contribution in [0.3, 0.4) is 0 Å². The lowest BCUT2D eigenvalue weighted by Crippen LogP contribution is -2.27. The lowest BCUT2D eigenvalue weighted by Gasteiger charge is -2.22. The van der Waals surface area contributed by atoms with Crippen molar-refractivity contribution >= 4 is 23.5 Å². The zero-order valence-corrected chi connectivity index (χ0v) is 17.7. The van der Waals surface area contributed by atoms with Gasteiger partial charge in [0.2, 0.25) is 0 Å². The number of anilines is 2. The lowest BCUT2D eigenvalue weighted by atomic mass is 10.1. The van der Waals surface area contributed by atoms with Crippen molar-refractivity contribution in [3.05, 3.63) is 59.7 Å². The first kappa shape index (κ1) is 25.7. The van der Waals surface area contributed by atoms with E-state index in [2.05, 4.69) is 0 Å². The zero-order valence-electron chi connectivity index (χ0n) is 17.7.